The first kappa shape index (κ1) is 29.7. The van der Waals surface area contributed by atoms with E-state index in [-0.39, 0.29) is 5.75 Å². The highest BCUT2D eigenvalue weighted by molar-refractivity contribution is 6.71. The fraction of sp³-hybridized carbons (Fsp3) is 0. The molecule has 11 rings (SSSR count). The van der Waals surface area contributed by atoms with Gasteiger partial charge in [0.05, 0.1) is 27.8 Å². The number of phenolic OH excluding ortho intramolecular Hbond substituents is 1. The number of aromatic nitrogens is 2. The van der Waals surface area contributed by atoms with Crippen molar-refractivity contribution < 1.29 is 9.84 Å². The van der Waals surface area contributed by atoms with Crippen LogP contribution < -0.4 is 15.7 Å². The summed E-state index contributed by atoms with van der Waals surface area (Å²) in [4.78, 5) is 0. The van der Waals surface area contributed by atoms with Crippen LogP contribution >= 0.6 is 0 Å². The Morgan fingerprint density at radius 2 is 0.962 bits per heavy atom. The molecule has 5 heteroatoms. The van der Waals surface area contributed by atoms with Crippen molar-refractivity contribution in [3.05, 3.63) is 176 Å². The van der Waals surface area contributed by atoms with Crippen LogP contribution in [0.2, 0.25) is 0 Å². The predicted octanol–water partition coefficient (Wildman–Crippen LogP) is 10.7. The van der Waals surface area contributed by atoms with Crippen LogP contribution in [0.5, 0.6) is 17.2 Å². The summed E-state index contributed by atoms with van der Waals surface area (Å²) in [6.45, 7) is 0. The summed E-state index contributed by atoms with van der Waals surface area (Å²) in [6, 6.07) is 61.0. The number of nitrogens with zero attached hydrogens (tertiary/aromatic N) is 2. The molecular formula is C48H30BN2O2. The summed E-state index contributed by atoms with van der Waals surface area (Å²) in [7, 11) is 2.19. The molecule has 0 fully saturated rings. The molecule has 0 saturated carbocycles. The number of phenols is 1. The van der Waals surface area contributed by atoms with E-state index in [0.717, 1.165) is 78.1 Å². The Labute approximate surface area is 306 Å². The van der Waals surface area contributed by atoms with Gasteiger partial charge in [0.1, 0.15) is 17.2 Å². The molecule has 1 N–H and O–H groups in total. The molecule has 8 aromatic carbocycles. The smallest absolute Gasteiger partial charge is 0.202 e. The van der Waals surface area contributed by atoms with Crippen LogP contribution in [0, 0.1) is 0 Å². The Kier molecular flexibility index (Phi) is 6.46. The third-order valence-electron chi connectivity index (χ3n) is 10.7. The first-order valence-corrected chi connectivity index (χ1v) is 17.9. The number of rotatable bonds is 4. The Morgan fingerprint density at radius 1 is 0.415 bits per heavy atom. The van der Waals surface area contributed by atoms with Gasteiger partial charge in [-0.25, -0.2) is 0 Å². The quantitative estimate of drug-likeness (QED) is 0.188. The summed E-state index contributed by atoms with van der Waals surface area (Å²) in [5.74, 6) is 1.74. The summed E-state index contributed by atoms with van der Waals surface area (Å²) in [6.07, 6.45) is 0. The zero-order valence-electron chi connectivity index (χ0n) is 28.6. The molecule has 2 aromatic heterocycles. The average Bonchev–Trinajstić information content (AvgIpc) is 3.73. The fourth-order valence-corrected chi connectivity index (χ4v) is 8.31. The molecule has 0 aliphatic carbocycles. The van der Waals surface area contributed by atoms with Gasteiger partial charge in [-0.1, -0.05) is 115 Å². The first-order chi connectivity index (χ1) is 26.2. The van der Waals surface area contributed by atoms with Crippen molar-refractivity contribution in [1.29, 1.82) is 0 Å². The molecule has 1 aliphatic rings. The second-order valence-corrected chi connectivity index (χ2v) is 13.7. The van der Waals surface area contributed by atoms with Crippen LogP contribution in [-0.4, -0.2) is 21.5 Å². The number of benzene rings is 8. The van der Waals surface area contributed by atoms with Crippen LogP contribution in [0.1, 0.15) is 0 Å². The molecule has 0 spiro atoms. The second kappa shape index (κ2) is 11.5. The maximum Gasteiger partial charge on any atom is 0.202 e. The highest BCUT2D eigenvalue weighted by Gasteiger charge is 2.26. The minimum Gasteiger partial charge on any atom is -0.507 e. The summed E-state index contributed by atoms with van der Waals surface area (Å²) in [5, 5.41) is 16.8. The van der Waals surface area contributed by atoms with Crippen LogP contribution in [0.15, 0.2) is 176 Å². The van der Waals surface area contributed by atoms with Gasteiger partial charge in [0, 0.05) is 44.9 Å². The van der Waals surface area contributed by atoms with Gasteiger partial charge in [0.25, 0.3) is 0 Å². The number of hydrogen-bond donors (Lipinski definition) is 1. The Hall–Kier alpha value is -6.98. The number of ether oxygens (including phenoxy) is 1. The van der Waals surface area contributed by atoms with E-state index in [0.29, 0.717) is 0 Å². The maximum absolute atomic E-state index is 12.0. The topological polar surface area (TPSA) is 39.3 Å². The summed E-state index contributed by atoms with van der Waals surface area (Å²) < 4.78 is 11.4. The van der Waals surface area contributed by atoms with Crippen LogP contribution in [0.4, 0.5) is 0 Å². The molecule has 1 radical (unpaired) electrons. The molecular weight excluding hydrogens is 647 g/mol. The lowest BCUT2D eigenvalue weighted by atomic mass is 9.59. The fourth-order valence-electron chi connectivity index (χ4n) is 8.31. The Bertz CT molecular complexity index is 2980. The molecule has 0 unspecified atom stereocenters. The molecule has 1 aliphatic heterocycles. The van der Waals surface area contributed by atoms with Crippen molar-refractivity contribution in [2.45, 2.75) is 0 Å². The monoisotopic (exact) mass is 677 g/mol. The van der Waals surface area contributed by atoms with E-state index in [9.17, 15) is 5.11 Å². The number of para-hydroxylation sites is 4. The molecule has 0 bridgehead atoms. The van der Waals surface area contributed by atoms with Gasteiger partial charge in [-0.2, -0.15) is 0 Å². The zero-order valence-corrected chi connectivity index (χ0v) is 28.6. The minimum absolute atomic E-state index is 0.199. The van der Waals surface area contributed by atoms with Gasteiger partial charge < -0.3 is 19.0 Å². The first-order valence-electron chi connectivity index (χ1n) is 17.9. The van der Waals surface area contributed by atoms with Crippen molar-refractivity contribution in [1.82, 2.24) is 9.13 Å². The normalized spacial score (nSPS) is 12.2. The Balaban J connectivity index is 1.12. The molecule has 247 valence electrons. The zero-order chi connectivity index (χ0) is 35.0. The molecule has 3 heterocycles. The van der Waals surface area contributed by atoms with E-state index >= 15 is 0 Å². The van der Waals surface area contributed by atoms with Gasteiger partial charge in [-0.05, 0) is 76.1 Å². The average molecular weight is 678 g/mol. The van der Waals surface area contributed by atoms with E-state index in [1.165, 1.54) is 21.5 Å². The summed E-state index contributed by atoms with van der Waals surface area (Å²) >= 11 is 0. The highest BCUT2D eigenvalue weighted by atomic mass is 16.5. The van der Waals surface area contributed by atoms with Gasteiger partial charge in [-0.15, -0.1) is 0 Å². The largest absolute Gasteiger partial charge is 0.507 e. The van der Waals surface area contributed by atoms with E-state index in [1.807, 2.05) is 18.2 Å². The van der Waals surface area contributed by atoms with Gasteiger partial charge >= 0.3 is 0 Å². The van der Waals surface area contributed by atoms with Crippen LogP contribution in [0.3, 0.4) is 0 Å². The standard InChI is InChI=1S/C48H30BN2O2/c52-45-28-32(50-41-18-8-4-14-34(41)35-15-5-9-19-42(35)50)23-24-38(45)39-27-33(51-43-20-10-6-16-36(43)37-17-7-11-21-44(37)51)29-47-48(39)49-40-25-22-31(26-46(40)53-47)30-12-2-1-3-13-30/h1-29,52H. The molecule has 0 amide bonds. The van der Waals surface area contributed by atoms with Crippen molar-refractivity contribution >= 4 is 61.8 Å². The van der Waals surface area contributed by atoms with Gasteiger partial charge in [0.15, 0.2) is 0 Å². The van der Waals surface area contributed by atoms with Crippen molar-refractivity contribution in [3.8, 4) is 50.9 Å². The SMILES string of the molecule is Oc1cc(-n2c3ccccc3c3ccccc32)ccc1-c1cc(-n2c3ccccc3c3ccccc32)cc2c1[B]c1ccc(-c3ccccc3)cc1O2. The predicted molar refractivity (Wildman–Crippen MR) is 219 cm³/mol. The molecule has 10 aromatic rings. The maximum atomic E-state index is 12.0. The number of hydrogen-bond acceptors (Lipinski definition) is 2. The third kappa shape index (κ3) is 4.57. The highest BCUT2D eigenvalue weighted by Crippen LogP contribution is 2.40. The van der Waals surface area contributed by atoms with Gasteiger partial charge in [-0.3, -0.25) is 0 Å². The lowest BCUT2D eigenvalue weighted by Gasteiger charge is -2.25. The summed E-state index contributed by atoms with van der Waals surface area (Å²) in [5.41, 5.74) is 12.0. The van der Waals surface area contributed by atoms with Crippen molar-refractivity contribution in [2.24, 2.45) is 0 Å². The third-order valence-corrected chi connectivity index (χ3v) is 10.7. The lowest BCUT2D eigenvalue weighted by Crippen LogP contribution is -2.35. The number of fused-ring (bicyclic) bond motifs is 8. The van der Waals surface area contributed by atoms with E-state index in [4.69, 9.17) is 4.74 Å². The Morgan fingerprint density at radius 3 is 1.55 bits per heavy atom. The lowest BCUT2D eigenvalue weighted by molar-refractivity contribution is 0.477. The molecule has 0 atom stereocenters. The number of aromatic hydroxyl groups is 1. The van der Waals surface area contributed by atoms with Gasteiger partial charge in [0.2, 0.25) is 7.28 Å². The molecule has 0 saturated heterocycles. The van der Waals surface area contributed by atoms with E-state index < -0.39 is 0 Å². The molecule has 4 nitrogen and oxygen atoms in total. The van der Waals surface area contributed by atoms with Crippen molar-refractivity contribution in [3.63, 3.8) is 0 Å². The van der Waals surface area contributed by atoms with Crippen LogP contribution in [-0.2, 0) is 0 Å². The molecule has 53 heavy (non-hydrogen) atoms. The second-order valence-electron chi connectivity index (χ2n) is 13.7. The minimum atomic E-state index is 0.199. The van der Waals surface area contributed by atoms with E-state index in [2.05, 4.69) is 174 Å². The van der Waals surface area contributed by atoms with Crippen molar-refractivity contribution in [2.75, 3.05) is 0 Å². The van der Waals surface area contributed by atoms with Crippen LogP contribution in [0.25, 0.3) is 77.2 Å². The van der Waals surface area contributed by atoms with E-state index in [1.54, 1.807) is 0 Å².